The number of methoxy groups -OCH3 is 1. The van der Waals surface area contributed by atoms with Gasteiger partial charge in [-0.1, -0.05) is 17.3 Å². The van der Waals surface area contributed by atoms with Crippen LogP contribution >= 0.6 is 11.8 Å². The molecule has 1 unspecified atom stereocenters. The van der Waals surface area contributed by atoms with Gasteiger partial charge in [0.1, 0.15) is 6.10 Å². The van der Waals surface area contributed by atoms with Crippen LogP contribution in [0.4, 0.5) is 5.88 Å². The summed E-state index contributed by atoms with van der Waals surface area (Å²) in [6.45, 7) is 0. The van der Waals surface area contributed by atoms with Gasteiger partial charge in [-0.3, -0.25) is 0 Å². The third-order valence-corrected chi connectivity index (χ3v) is 4.38. The van der Waals surface area contributed by atoms with Gasteiger partial charge in [-0.25, -0.2) is 0 Å². The second-order valence-electron chi connectivity index (χ2n) is 4.54. The van der Waals surface area contributed by atoms with E-state index < -0.39 is 0 Å². The van der Waals surface area contributed by atoms with Crippen molar-refractivity contribution >= 4 is 17.6 Å². The summed E-state index contributed by atoms with van der Waals surface area (Å²) in [5.41, 5.74) is 7.32. The fourth-order valence-corrected chi connectivity index (χ4v) is 3.36. The second-order valence-corrected chi connectivity index (χ2v) is 5.69. The minimum atomic E-state index is 0.240. The van der Waals surface area contributed by atoms with E-state index in [2.05, 4.69) is 5.16 Å². The Kier molecular flexibility index (Phi) is 3.73. The summed E-state index contributed by atoms with van der Waals surface area (Å²) in [5.74, 6) is 3.84. The standard InChI is InChI=1S/C14H16N2O3S/c1-17-13-10(11-7-16-19-14(11)15)3-2-4-12(13)18-9-5-6-20-8-9/h2-4,7,9H,5-6,8,15H2,1H3. The van der Waals surface area contributed by atoms with Crippen molar-refractivity contribution in [2.24, 2.45) is 0 Å². The third-order valence-electron chi connectivity index (χ3n) is 3.25. The van der Waals surface area contributed by atoms with Gasteiger partial charge in [-0.05, 0) is 18.2 Å². The normalized spacial score (nSPS) is 18.1. The van der Waals surface area contributed by atoms with Crippen LogP contribution in [0.25, 0.3) is 11.1 Å². The van der Waals surface area contributed by atoms with E-state index >= 15 is 0 Å². The van der Waals surface area contributed by atoms with E-state index in [9.17, 15) is 0 Å². The van der Waals surface area contributed by atoms with Gasteiger partial charge in [0, 0.05) is 11.3 Å². The summed E-state index contributed by atoms with van der Waals surface area (Å²) in [7, 11) is 1.62. The molecule has 2 N–H and O–H groups in total. The minimum Gasteiger partial charge on any atom is -0.492 e. The maximum Gasteiger partial charge on any atom is 0.230 e. The number of thioether (sulfide) groups is 1. The van der Waals surface area contributed by atoms with E-state index in [-0.39, 0.29) is 12.0 Å². The van der Waals surface area contributed by atoms with E-state index in [0.717, 1.165) is 29.2 Å². The molecule has 1 aromatic carbocycles. The molecule has 1 aliphatic heterocycles. The first-order valence-electron chi connectivity index (χ1n) is 6.41. The molecule has 3 rings (SSSR count). The Morgan fingerprint density at radius 2 is 2.30 bits per heavy atom. The van der Waals surface area contributed by atoms with Gasteiger partial charge in [0.25, 0.3) is 0 Å². The van der Waals surface area contributed by atoms with Gasteiger partial charge < -0.3 is 19.7 Å². The van der Waals surface area contributed by atoms with Crippen molar-refractivity contribution in [1.82, 2.24) is 5.16 Å². The fraction of sp³-hybridized carbons (Fsp3) is 0.357. The van der Waals surface area contributed by atoms with Gasteiger partial charge in [-0.2, -0.15) is 11.8 Å². The van der Waals surface area contributed by atoms with Gasteiger partial charge >= 0.3 is 0 Å². The first-order chi connectivity index (χ1) is 9.79. The monoisotopic (exact) mass is 292 g/mol. The van der Waals surface area contributed by atoms with Crippen LogP contribution in [0.15, 0.2) is 28.9 Å². The molecule has 1 aliphatic rings. The smallest absolute Gasteiger partial charge is 0.230 e. The molecule has 0 amide bonds. The summed E-state index contributed by atoms with van der Waals surface area (Å²) in [4.78, 5) is 0. The number of benzene rings is 1. The average molecular weight is 292 g/mol. The Hall–Kier alpha value is -1.82. The molecular formula is C14H16N2O3S. The zero-order valence-corrected chi connectivity index (χ0v) is 12.0. The van der Waals surface area contributed by atoms with E-state index in [1.54, 1.807) is 13.3 Å². The Morgan fingerprint density at radius 1 is 1.40 bits per heavy atom. The number of nitrogen functional groups attached to an aromatic ring is 1. The molecule has 0 radical (unpaired) electrons. The SMILES string of the molecule is COc1c(OC2CCSC2)cccc1-c1cnoc1N. The average Bonchev–Trinajstić information content (AvgIpc) is 3.10. The summed E-state index contributed by atoms with van der Waals surface area (Å²) in [6.07, 6.45) is 2.89. The van der Waals surface area contributed by atoms with Crippen molar-refractivity contribution in [1.29, 1.82) is 0 Å². The van der Waals surface area contributed by atoms with Crippen molar-refractivity contribution in [3.8, 4) is 22.6 Å². The molecule has 2 aromatic rings. The Labute approximate surface area is 121 Å². The number of nitrogens with zero attached hydrogens (tertiary/aromatic N) is 1. The highest BCUT2D eigenvalue weighted by Crippen LogP contribution is 2.41. The van der Waals surface area contributed by atoms with Crippen molar-refractivity contribution < 1.29 is 14.0 Å². The lowest BCUT2D eigenvalue weighted by Gasteiger charge is -2.17. The molecule has 6 heteroatoms. The summed E-state index contributed by atoms with van der Waals surface area (Å²) < 4.78 is 16.5. The lowest BCUT2D eigenvalue weighted by molar-refractivity contribution is 0.219. The first kappa shape index (κ1) is 13.2. The van der Waals surface area contributed by atoms with Crippen LogP contribution in [-0.4, -0.2) is 29.9 Å². The lowest BCUT2D eigenvalue weighted by Crippen LogP contribution is -2.15. The number of hydrogen-bond donors (Lipinski definition) is 1. The summed E-state index contributed by atoms with van der Waals surface area (Å²) in [6, 6.07) is 5.74. The van der Waals surface area contributed by atoms with E-state index in [1.807, 2.05) is 30.0 Å². The largest absolute Gasteiger partial charge is 0.492 e. The van der Waals surface area contributed by atoms with Crippen LogP contribution in [0.2, 0.25) is 0 Å². The van der Waals surface area contributed by atoms with Crippen molar-refractivity contribution in [3.05, 3.63) is 24.4 Å². The van der Waals surface area contributed by atoms with Crippen LogP contribution in [0.3, 0.4) is 0 Å². The fourth-order valence-electron chi connectivity index (χ4n) is 2.27. The second kappa shape index (κ2) is 5.66. The Morgan fingerprint density at radius 3 is 2.95 bits per heavy atom. The van der Waals surface area contributed by atoms with Gasteiger partial charge in [0.2, 0.25) is 5.88 Å². The number of anilines is 1. The molecule has 0 aliphatic carbocycles. The highest BCUT2D eigenvalue weighted by atomic mass is 32.2. The number of para-hydroxylation sites is 1. The van der Waals surface area contributed by atoms with Crippen LogP contribution in [0.1, 0.15) is 6.42 Å². The van der Waals surface area contributed by atoms with Crippen LogP contribution in [0.5, 0.6) is 11.5 Å². The van der Waals surface area contributed by atoms with Crippen LogP contribution in [0, 0.1) is 0 Å². The zero-order chi connectivity index (χ0) is 13.9. The lowest BCUT2D eigenvalue weighted by atomic mass is 10.1. The topological polar surface area (TPSA) is 70.5 Å². The highest BCUT2D eigenvalue weighted by molar-refractivity contribution is 7.99. The van der Waals surface area contributed by atoms with E-state index in [4.69, 9.17) is 19.7 Å². The Bertz CT molecular complexity index is 594. The predicted octanol–water partition coefficient (Wildman–Crippen LogP) is 2.82. The molecule has 1 atom stereocenters. The van der Waals surface area contributed by atoms with Crippen LogP contribution in [-0.2, 0) is 0 Å². The van der Waals surface area contributed by atoms with Crippen molar-refractivity contribution in [2.45, 2.75) is 12.5 Å². The number of aromatic nitrogens is 1. The van der Waals surface area contributed by atoms with Crippen molar-refractivity contribution in [2.75, 3.05) is 24.3 Å². The zero-order valence-electron chi connectivity index (χ0n) is 11.2. The quantitative estimate of drug-likeness (QED) is 0.934. The van der Waals surface area contributed by atoms with Crippen molar-refractivity contribution in [3.63, 3.8) is 0 Å². The molecule has 1 saturated heterocycles. The molecule has 5 nitrogen and oxygen atoms in total. The number of rotatable bonds is 4. The number of ether oxygens (including phenoxy) is 2. The minimum absolute atomic E-state index is 0.240. The maximum atomic E-state index is 6.04. The van der Waals surface area contributed by atoms with Gasteiger partial charge in [0.05, 0.1) is 18.9 Å². The molecule has 1 fully saturated rings. The molecule has 20 heavy (non-hydrogen) atoms. The first-order valence-corrected chi connectivity index (χ1v) is 7.57. The molecule has 0 bridgehead atoms. The van der Waals surface area contributed by atoms with E-state index in [0.29, 0.717) is 11.3 Å². The molecule has 1 aromatic heterocycles. The Balaban J connectivity index is 1.97. The van der Waals surface area contributed by atoms with Gasteiger partial charge in [-0.15, -0.1) is 0 Å². The predicted molar refractivity (Wildman–Crippen MR) is 79.3 cm³/mol. The number of nitrogens with two attached hydrogens (primary N) is 1. The third kappa shape index (κ3) is 2.43. The maximum absolute atomic E-state index is 6.04. The highest BCUT2D eigenvalue weighted by Gasteiger charge is 2.21. The molecule has 106 valence electrons. The molecule has 0 spiro atoms. The summed E-state index contributed by atoms with van der Waals surface area (Å²) in [5, 5.41) is 3.71. The molecular weight excluding hydrogens is 276 g/mol. The summed E-state index contributed by atoms with van der Waals surface area (Å²) >= 11 is 1.91. The number of hydrogen-bond acceptors (Lipinski definition) is 6. The van der Waals surface area contributed by atoms with E-state index in [1.165, 1.54) is 0 Å². The van der Waals surface area contributed by atoms with Gasteiger partial charge in [0.15, 0.2) is 11.5 Å². The van der Waals surface area contributed by atoms with Crippen LogP contribution < -0.4 is 15.2 Å². The molecule has 0 saturated carbocycles. The molecule has 2 heterocycles.